The first-order chi connectivity index (χ1) is 4.22. The average Bonchev–Trinajstić information content (AvgIpc) is 1.82. The van der Waals surface area contributed by atoms with Crippen molar-refractivity contribution in [3.05, 3.63) is 12.2 Å². The first-order valence-electron chi connectivity index (χ1n) is 2.60. The molecule has 0 aliphatic heterocycles. The molecule has 1 unspecified atom stereocenters. The van der Waals surface area contributed by atoms with Crippen LogP contribution in [-0.2, 0) is 9.53 Å². The van der Waals surface area contributed by atoms with E-state index >= 15 is 0 Å². The summed E-state index contributed by atoms with van der Waals surface area (Å²) in [7, 11) is 1.36. The lowest BCUT2D eigenvalue weighted by atomic mass is 10.3. The highest BCUT2D eigenvalue weighted by molar-refractivity contribution is 5.74. The van der Waals surface area contributed by atoms with Gasteiger partial charge in [-0.2, -0.15) is 0 Å². The molecule has 0 amide bonds. The fourth-order valence-corrected chi connectivity index (χ4v) is 0.436. The lowest BCUT2D eigenvalue weighted by Crippen LogP contribution is -2.19. The lowest BCUT2D eigenvalue weighted by Gasteiger charge is -2.01. The van der Waals surface area contributed by atoms with E-state index in [0.29, 0.717) is 0 Å². The summed E-state index contributed by atoms with van der Waals surface area (Å²) in [5.74, 6) is -0.962. The SMILES string of the molecule is CC=CC(OC)C(=O)O. The number of hydrogen-bond acceptors (Lipinski definition) is 2. The number of aliphatic carboxylic acids is 1. The molecule has 0 aliphatic carbocycles. The summed E-state index contributed by atoms with van der Waals surface area (Å²) < 4.78 is 4.57. The van der Waals surface area contributed by atoms with Crippen molar-refractivity contribution in [3.63, 3.8) is 0 Å². The largest absolute Gasteiger partial charge is 0.479 e. The van der Waals surface area contributed by atoms with Crippen LogP contribution in [0.4, 0.5) is 0 Å². The second kappa shape index (κ2) is 4.09. The van der Waals surface area contributed by atoms with E-state index in [1.165, 1.54) is 13.2 Å². The molecule has 0 heterocycles. The molecule has 0 saturated carbocycles. The number of carbonyl (C=O) groups is 1. The van der Waals surface area contributed by atoms with Crippen LogP contribution in [-0.4, -0.2) is 24.3 Å². The summed E-state index contributed by atoms with van der Waals surface area (Å²) in [5, 5.41) is 8.33. The van der Waals surface area contributed by atoms with Gasteiger partial charge in [0.15, 0.2) is 6.10 Å². The molecule has 0 fully saturated rings. The number of carboxylic acid groups (broad SMARTS) is 1. The molecule has 0 radical (unpaired) electrons. The standard InChI is InChI=1S/C6H10O3/c1-3-4-5(9-2)6(7)8/h3-5H,1-2H3,(H,7,8). The first kappa shape index (κ1) is 8.17. The molecule has 0 aromatic rings. The van der Waals surface area contributed by atoms with Gasteiger partial charge in [-0.15, -0.1) is 0 Å². The molecule has 52 valence electrons. The molecule has 1 N–H and O–H groups in total. The third-order valence-electron chi connectivity index (χ3n) is 0.865. The second-order valence-corrected chi connectivity index (χ2v) is 1.52. The van der Waals surface area contributed by atoms with Crippen molar-refractivity contribution < 1.29 is 14.6 Å². The minimum absolute atomic E-state index is 0.796. The van der Waals surface area contributed by atoms with Gasteiger partial charge in [-0.3, -0.25) is 0 Å². The molecule has 0 aromatic carbocycles. The van der Waals surface area contributed by atoms with E-state index in [1.54, 1.807) is 13.0 Å². The molecule has 0 saturated heterocycles. The summed E-state index contributed by atoms with van der Waals surface area (Å²) in [4.78, 5) is 10.1. The maximum atomic E-state index is 10.1. The van der Waals surface area contributed by atoms with Gasteiger partial charge in [-0.25, -0.2) is 4.79 Å². The van der Waals surface area contributed by atoms with Crippen LogP contribution in [0.2, 0.25) is 0 Å². The number of ether oxygens (including phenoxy) is 1. The van der Waals surface area contributed by atoms with Crippen LogP contribution in [0.5, 0.6) is 0 Å². The smallest absolute Gasteiger partial charge is 0.336 e. The maximum absolute atomic E-state index is 10.1. The number of methoxy groups -OCH3 is 1. The molecular weight excluding hydrogens is 120 g/mol. The van der Waals surface area contributed by atoms with E-state index in [0.717, 1.165) is 0 Å². The van der Waals surface area contributed by atoms with Gasteiger partial charge in [0.05, 0.1) is 0 Å². The Hall–Kier alpha value is -0.830. The summed E-state index contributed by atoms with van der Waals surface area (Å²) >= 11 is 0. The van der Waals surface area contributed by atoms with Crippen molar-refractivity contribution in [3.8, 4) is 0 Å². The van der Waals surface area contributed by atoms with Crippen molar-refractivity contribution in [1.29, 1.82) is 0 Å². The van der Waals surface area contributed by atoms with Gasteiger partial charge in [0.2, 0.25) is 0 Å². The summed E-state index contributed by atoms with van der Waals surface area (Å²) in [6, 6.07) is 0. The van der Waals surface area contributed by atoms with Crippen molar-refractivity contribution >= 4 is 5.97 Å². The molecule has 1 atom stereocenters. The normalized spacial score (nSPS) is 14.0. The van der Waals surface area contributed by atoms with Gasteiger partial charge in [-0.05, 0) is 13.0 Å². The van der Waals surface area contributed by atoms with Crippen molar-refractivity contribution in [2.24, 2.45) is 0 Å². The Bertz CT molecular complexity index is 117. The molecule has 3 nitrogen and oxygen atoms in total. The predicted molar refractivity (Wildman–Crippen MR) is 33.2 cm³/mol. The molecule has 9 heavy (non-hydrogen) atoms. The van der Waals surface area contributed by atoms with Crippen LogP contribution in [0.3, 0.4) is 0 Å². The molecule has 0 bridgehead atoms. The Morgan fingerprint density at radius 1 is 1.78 bits per heavy atom. The maximum Gasteiger partial charge on any atom is 0.336 e. The van der Waals surface area contributed by atoms with Crippen molar-refractivity contribution in [2.45, 2.75) is 13.0 Å². The molecule has 0 aromatic heterocycles. The highest BCUT2D eigenvalue weighted by Crippen LogP contribution is 1.90. The second-order valence-electron chi connectivity index (χ2n) is 1.52. The average molecular weight is 130 g/mol. The van der Waals surface area contributed by atoms with Crippen LogP contribution in [0.15, 0.2) is 12.2 Å². The van der Waals surface area contributed by atoms with E-state index in [4.69, 9.17) is 5.11 Å². The topological polar surface area (TPSA) is 46.5 Å². The van der Waals surface area contributed by atoms with Crippen LogP contribution in [0.1, 0.15) is 6.92 Å². The zero-order valence-electron chi connectivity index (χ0n) is 5.50. The molecule has 0 rings (SSSR count). The first-order valence-corrected chi connectivity index (χ1v) is 2.60. The van der Waals surface area contributed by atoms with Crippen molar-refractivity contribution in [2.75, 3.05) is 7.11 Å². The molecule has 3 heteroatoms. The van der Waals surface area contributed by atoms with Gasteiger partial charge in [0.25, 0.3) is 0 Å². The summed E-state index contributed by atoms with van der Waals surface area (Å²) in [6.07, 6.45) is 2.32. The molecular formula is C6H10O3. The monoisotopic (exact) mass is 130 g/mol. The zero-order valence-corrected chi connectivity index (χ0v) is 5.50. The van der Waals surface area contributed by atoms with Crippen molar-refractivity contribution in [1.82, 2.24) is 0 Å². The number of carboxylic acids is 1. The van der Waals surface area contributed by atoms with Gasteiger partial charge < -0.3 is 9.84 Å². The van der Waals surface area contributed by atoms with E-state index in [-0.39, 0.29) is 0 Å². The van der Waals surface area contributed by atoms with Crippen LogP contribution in [0.25, 0.3) is 0 Å². The Balaban J connectivity index is 3.83. The fourth-order valence-electron chi connectivity index (χ4n) is 0.436. The van der Waals surface area contributed by atoms with Gasteiger partial charge in [0, 0.05) is 7.11 Å². The third kappa shape index (κ3) is 2.87. The number of allylic oxidation sites excluding steroid dienone is 1. The van der Waals surface area contributed by atoms with E-state index in [2.05, 4.69) is 4.74 Å². The summed E-state index contributed by atoms with van der Waals surface area (Å²) in [6.45, 7) is 1.74. The molecule has 0 spiro atoms. The van der Waals surface area contributed by atoms with Gasteiger partial charge >= 0.3 is 5.97 Å². The zero-order chi connectivity index (χ0) is 7.28. The minimum atomic E-state index is -0.962. The van der Waals surface area contributed by atoms with Gasteiger partial charge in [0.1, 0.15) is 0 Å². The minimum Gasteiger partial charge on any atom is -0.479 e. The Morgan fingerprint density at radius 2 is 2.33 bits per heavy atom. The highest BCUT2D eigenvalue weighted by Gasteiger charge is 2.09. The molecule has 0 aliphatic rings. The lowest BCUT2D eigenvalue weighted by molar-refractivity contribution is -0.145. The van der Waals surface area contributed by atoms with E-state index in [1.807, 2.05) is 0 Å². The number of rotatable bonds is 3. The van der Waals surface area contributed by atoms with Gasteiger partial charge in [-0.1, -0.05) is 6.08 Å². The third-order valence-corrected chi connectivity index (χ3v) is 0.865. The van der Waals surface area contributed by atoms with E-state index in [9.17, 15) is 4.79 Å². The van der Waals surface area contributed by atoms with Crippen LogP contribution in [0, 0.1) is 0 Å². The Morgan fingerprint density at radius 3 is 2.44 bits per heavy atom. The van der Waals surface area contributed by atoms with Crippen LogP contribution < -0.4 is 0 Å². The van der Waals surface area contributed by atoms with Crippen LogP contribution >= 0.6 is 0 Å². The highest BCUT2D eigenvalue weighted by atomic mass is 16.5. The quantitative estimate of drug-likeness (QED) is 0.571. The fraction of sp³-hybridized carbons (Fsp3) is 0.500. The Kier molecular flexibility index (Phi) is 3.71. The predicted octanol–water partition coefficient (Wildman–Crippen LogP) is 0.662. The van der Waals surface area contributed by atoms with E-state index < -0.39 is 12.1 Å². The summed E-state index contributed by atoms with van der Waals surface area (Å²) in [5.41, 5.74) is 0. The Labute approximate surface area is 53.9 Å². The number of hydrogen-bond donors (Lipinski definition) is 1.